The number of nitrogens with one attached hydrogen (secondary N) is 1. The SMILES string of the molecule is COC(=O)c1cc(N2CCOCC2)ccc1NC(=O)N(C)C(C)C. The number of morpholine rings is 1. The van der Waals surface area contributed by atoms with Crippen molar-refractivity contribution in [3.05, 3.63) is 23.8 Å². The molecule has 1 aliphatic heterocycles. The van der Waals surface area contributed by atoms with Gasteiger partial charge in [0, 0.05) is 31.9 Å². The molecule has 0 atom stereocenters. The highest BCUT2D eigenvalue weighted by Gasteiger charge is 2.20. The second kappa shape index (κ2) is 8.01. The number of carbonyl (C=O) groups is 2. The smallest absolute Gasteiger partial charge is 0.340 e. The monoisotopic (exact) mass is 335 g/mol. The molecule has 0 bridgehead atoms. The summed E-state index contributed by atoms with van der Waals surface area (Å²) < 4.78 is 10.2. The van der Waals surface area contributed by atoms with Crippen LogP contribution >= 0.6 is 0 Å². The van der Waals surface area contributed by atoms with Crippen molar-refractivity contribution in [3.8, 4) is 0 Å². The highest BCUT2D eigenvalue weighted by Crippen LogP contribution is 2.25. The second-order valence-electron chi connectivity index (χ2n) is 5.96. The highest BCUT2D eigenvalue weighted by molar-refractivity contribution is 6.01. The molecule has 7 nitrogen and oxygen atoms in total. The first kappa shape index (κ1) is 18.1. The van der Waals surface area contributed by atoms with Crippen LogP contribution in [0, 0.1) is 0 Å². The van der Waals surface area contributed by atoms with Crippen LogP contribution in [-0.2, 0) is 9.47 Å². The van der Waals surface area contributed by atoms with Gasteiger partial charge >= 0.3 is 12.0 Å². The van der Waals surface area contributed by atoms with Gasteiger partial charge in [-0.2, -0.15) is 0 Å². The number of hydrogen-bond acceptors (Lipinski definition) is 5. The molecule has 0 aromatic heterocycles. The lowest BCUT2D eigenvalue weighted by molar-refractivity contribution is 0.0602. The summed E-state index contributed by atoms with van der Waals surface area (Å²) in [6.45, 7) is 6.69. The van der Waals surface area contributed by atoms with Crippen LogP contribution in [0.1, 0.15) is 24.2 Å². The first-order valence-corrected chi connectivity index (χ1v) is 8.03. The van der Waals surface area contributed by atoms with Crippen LogP contribution in [0.15, 0.2) is 18.2 Å². The molecule has 132 valence electrons. The lowest BCUT2D eigenvalue weighted by atomic mass is 10.1. The van der Waals surface area contributed by atoms with Gasteiger partial charge in [0.1, 0.15) is 0 Å². The van der Waals surface area contributed by atoms with E-state index in [-0.39, 0.29) is 12.1 Å². The maximum atomic E-state index is 12.2. The Bertz CT molecular complexity index is 597. The van der Waals surface area contributed by atoms with Crippen molar-refractivity contribution in [1.29, 1.82) is 0 Å². The largest absolute Gasteiger partial charge is 0.465 e. The number of esters is 1. The van der Waals surface area contributed by atoms with E-state index in [0.717, 1.165) is 18.8 Å². The summed E-state index contributed by atoms with van der Waals surface area (Å²) in [6.07, 6.45) is 0. The fourth-order valence-electron chi connectivity index (χ4n) is 2.38. The van der Waals surface area contributed by atoms with E-state index in [2.05, 4.69) is 10.2 Å². The Balaban J connectivity index is 2.26. The van der Waals surface area contributed by atoms with E-state index < -0.39 is 5.97 Å². The Morgan fingerprint density at radius 3 is 2.54 bits per heavy atom. The van der Waals surface area contributed by atoms with Crippen LogP contribution < -0.4 is 10.2 Å². The van der Waals surface area contributed by atoms with Crippen LogP contribution in [-0.4, -0.2) is 63.4 Å². The van der Waals surface area contributed by atoms with Crippen molar-refractivity contribution < 1.29 is 19.1 Å². The number of urea groups is 1. The topological polar surface area (TPSA) is 71.1 Å². The van der Waals surface area contributed by atoms with E-state index in [9.17, 15) is 9.59 Å². The van der Waals surface area contributed by atoms with Gasteiger partial charge in [0.25, 0.3) is 0 Å². The van der Waals surface area contributed by atoms with E-state index in [1.807, 2.05) is 19.9 Å². The average Bonchev–Trinajstić information content (AvgIpc) is 2.61. The number of amides is 2. The van der Waals surface area contributed by atoms with E-state index in [1.165, 1.54) is 7.11 Å². The van der Waals surface area contributed by atoms with Gasteiger partial charge in [-0.15, -0.1) is 0 Å². The molecule has 0 radical (unpaired) electrons. The number of rotatable bonds is 4. The molecule has 1 fully saturated rings. The van der Waals surface area contributed by atoms with Gasteiger partial charge in [-0.05, 0) is 32.0 Å². The zero-order chi connectivity index (χ0) is 17.7. The Morgan fingerprint density at radius 2 is 1.96 bits per heavy atom. The minimum absolute atomic E-state index is 0.0548. The molecule has 1 heterocycles. The predicted molar refractivity (Wildman–Crippen MR) is 92.7 cm³/mol. The Kier molecular flexibility index (Phi) is 6.03. The molecule has 24 heavy (non-hydrogen) atoms. The Hall–Kier alpha value is -2.28. The van der Waals surface area contributed by atoms with Crippen LogP contribution in [0.25, 0.3) is 0 Å². The molecular formula is C17H25N3O4. The van der Waals surface area contributed by atoms with Crippen molar-refractivity contribution in [2.24, 2.45) is 0 Å². The van der Waals surface area contributed by atoms with Gasteiger partial charge in [-0.3, -0.25) is 0 Å². The number of hydrogen-bond donors (Lipinski definition) is 1. The normalized spacial score (nSPS) is 14.5. The third-order valence-electron chi connectivity index (χ3n) is 4.12. The van der Waals surface area contributed by atoms with Crippen LogP contribution in [0.5, 0.6) is 0 Å². The number of benzene rings is 1. The van der Waals surface area contributed by atoms with E-state index >= 15 is 0 Å². The van der Waals surface area contributed by atoms with Gasteiger partial charge in [-0.1, -0.05) is 0 Å². The zero-order valence-corrected chi connectivity index (χ0v) is 14.7. The zero-order valence-electron chi connectivity index (χ0n) is 14.7. The predicted octanol–water partition coefficient (Wildman–Crippen LogP) is 2.18. The molecule has 1 aliphatic rings. The molecule has 1 aromatic rings. The highest BCUT2D eigenvalue weighted by atomic mass is 16.5. The molecule has 0 unspecified atom stereocenters. The number of ether oxygens (including phenoxy) is 2. The molecule has 1 N–H and O–H groups in total. The summed E-state index contributed by atoms with van der Waals surface area (Å²) in [7, 11) is 3.04. The van der Waals surface area contributed by atoms with E-state index in [1.54, 1.807) is 24.1 Å². The molecule has 2 rings (SSSR count). The van der Waals surface area contributed by atoms with Gasteiger partial charge in [0.05, 0.1) is 31.6 Å². The van der Waals surface area contributed by atoms with Crippen molar-refractivity contribution in [3.63, 3.8) is 0 Å². The first-order valence-electron chi connectivity index (χ1n) is 8.03. The summed E-state index contributed by atoms with van der Waals surface area (Å²) >= 11 is 0. The third-order valence-corrected chi connectivity index (χ3v) is 4.12. The van der Waals surface area contributed by atoms with Crippen molar-refractivity contribution in [1.82, 2.24) is 4.90 Å². The fraction of sp³-hybridized carbons (Fsp3) is 0.529. The van der Waals surface area contributed by atoms with E-state index in [4.69, 9.17) is 9.47 Å². The van der Waals surface area contributed by atoms with Gasteiger partial charge < -0.3 is 24.6 Å². The second-order valence-corrected chi connectivity index (χ2v) is 5.96. The molecule has 7 heteroatoms. The fourth-order valence-corrected chi connectivity index (χ4v) is 2.38. The summed E-state index contributed by atoms with van der Waals surface area (Å²) in [5, 5.41) is 2.78. The van der Waals surface area contributed by atoms with Crippen LogP contribution in [0.2, 0.25) is 0 Å². The number of methoxy groups -OCH3 is 1. The third kappa shape index (κ3) is 4.17. The summed E-state index contributed by atoms with van der Waals surface area (Å²) in [4.78, 5) is 28.1. The van der Waals surface area contributed by atoms with Crippen LogP contribution in [0.4, 0.5) is 16.2 Å². The number of nitrogens with zero attached hydrogens (tertiary/aromatic N) is 2. The molecular weight excluding hydrogens is 310 g/mol. The summed E-state index contributed by atoms with van der Waals surface area (Å²) in [5.74, 6) is -0.479. The standard InChI is InChI=1S/C17H25N3O4/c1-12(2)19(3)17(22)18-15-6-5-13(11-14(15)16(21)23-4)20-7-9-24-10-8-20/h5-6,11-12H,7-10H2,1-4H3,(H,18,22). The average molecular weight is 335 g/mol. The molecule has 0 aliphatic carbocycles. The van der Waals surface area contributed by atoms with Crippen molar-refractivity contribution in [2.75, 3.05) is 50.7 Å². The molecule has 2 amide bonds. The lowest BCUT2D eigenvalue weighted by Crippen LogP contribution is -2.37. The Labute approximate surface area is 142 Å². The van der Waals surface area contributed by atoms with Gasteiger partial charge in [-0.25, -0.2) is 9.59 Å². The van der Waals surface area contributed by atoms with E-state index in [0.29, 0.717) is 24.5 Å². The maximum absolute atomic E-state index is 12.2. The van der Waals surface area contributed by atoms with Crippen molar-refractivity contribution >= 4 is 23.4 Å². The minimum Gasteiger partial charge on any atom is -0.465 e. The number of anilines is 2. The van der Waals surface area contributed by atoms with Crippen LogP contribution in [0.3, 0.4) is 0 Å². The minimum atomic E-state index is -0.479. The quantitative estimate of drug-likeness (QED) is 0.854. The maximum Gasteiger partial charge on any atom is 0.340 e. The van der Waals surface area contributed by atoms with Gasteiger partial charge in [0.2, 0.25) is 0 Å². The summed E-state index contributed by atoms with van der Waals surface area (Å²) in [5.41, 5.74) is 1.69. The number of carbonyl (C=O) groups excluding carboxylic acids is 2. The summed E-state index contributed by atoms with van der Waals surface area (Å²) in [6, 6.07) is 5.17. The molecule has 1 aromatic carbocycles. The van der Waals surface area contributed by atoms with Crippen molar-refractivity contribution in [2.45, 2.75) is 19.9 Å². The first-order chi connectivity index (χ1) is 11.4. The molecule has 0 saturated carbocycles. The lowest BCUT2D eigenvalue weighted by Gasteiger charge is -2.29. The molecule has 1 saturated heterocycles. The Morgan fingerprint density at radius 1 is 1.29 bits per heavy atom. The van der Waals surface area contributed by atoms with Gasteiger partial charge in [0.15, 0.2) is 0 Å². The molecule has 0 spiro atoms.